The van der Waals surface area contributed by atoms with Gasteiger partial charge in [0.25, 0.3) is 5.91 Å². The summed E-state index contributed by atoms with van der Waals surface area (Å²) in [6, 6.07) is 8.53. The van der Waals surface area contributed by atoms with Gasteiger partial charge in [0, 0.05) is 17.0 Å². The number of fused-ring (bicyclic) bond motifs is 1. The number of carbonyl (C=O) groups is 2. The average molecular weight is 558 g/mol. The number of aromatic nitrogens is 6. The summed E-state index contributed by atoms with van der Waals surface area (Å²) in [6.07, 6.45) is -0.431. The predicted molar refractivity (Wildman–Crippen MR) is 132 cm³/mol. The van der Waals surface area contributed by atoms with Crippen molar-refractivity contribution in [3.8, 4) is 17.4 Å². The Morgan fingerprint density at radius 1 is 1.03 bits per heavy atom. The molecule has 5 rings (SSSR count). The molecule has 0 aliphatic carbocycles. The molecule has 4 aromatic heterocycles. The van der Waals surface area contributed by atoms with Crippen molar-refractivity contribution in [2.45, 2.75) is 6.18 Å². The number of carbonyl (C=O) groups excluding carboxylic acids is 1. The van der Waals surface area contributed by atoms with Crippen LogP contribution in [-0.4, -0.2) is 53.6 Å². The molecule has 0 bridgehead atoms. The number of aromatic carboxylic acids is 1. The van der Waals surface area contributed by atoms with Gasteiger partial charge in [-0.1, -0.05) is 17.7 Å². The van der Waals surface area contributed by atoms with E-state index in [0.717, 1.165) is 17.1 Å². The number of amides is 1. The minimum Gasteiger partial charge on any atom is -0.481 e. The number of hydrogen-bond donors (Lipinski definition) is 2. The highest BCUT2D eigenvalue weighted by Gasteiger charge is 2.41. The molecule has 15 heteroatoms. The van der Waals surface area contributed by atoms with Crippen molar-refractivity contribution in [2.75, 3.05) is 12.4 Å². The largest absolute Gasteiger partial charge is 0.481 e. The van der Waals surface area contributed by atoms with E-state index in [1.165, 1.54) is 49.8 Å². The number of nitrogens with zero attached hydrogens (tertiary/aromatic N) is 6. The third kappa shape index (κ3) is 4.61. The van der Waals surface area contributed by atoms with Gasteiger partial charge in [-0.25, -0.2) is 24.1 Å². The van der Waals surface area contributed by atoms with Crippen molar-refractivity contribution in [3.63, 3.8) is 0 Å². The highest BCUT2D eigenvalue weighted by Crippen LogP contribution is 2.36. The van der Waals surface area contributed by atoms with Gasteiger partial charge in [-0.2, -0.15) is 23.4 Å². The second kappa shape index (κ2) is 9.72. The Labute approximate surface area is 221 Å². The Morgan fingerprint density at radius 3 is 2.51 bits per heavy atom. The molecule has 1 amide bonds. The lowest BCUT2D eigenvalue weighted by Crippen LogP contribution is -2.21. The molecule has 0 radical (unpaired) electrons. The van der Waals surface area contributed by atoms with Crippen molar-refractivity contribution in [1.82, 2.24) is 29.5 Å². The zero-order valence-corrected chi connectivity index (χ0v) is 20.4. The van der Waals surface area contributed by atoms with Gasteiger partial charge in [-0.15, -0.1) is 0 Å². The van der Waals surface area contributed by atoms with Crippen LogP contribution in [0.5, 0.6) is 5.88 Å². The van der Waals surface area contributed by atoms with Crippen LogP contribution in [0.3, 0.4) is 0 Å². The summed E-state index contributed by atoms with van der Waals surface area (Å²) >= 11 is 6.22. The molecule has 0 aliphatic rings. The van der Waals surface area contributed by atoms with E-state index >= 15 is 0 Å². The third-order valence-corrected chi connectivity index (χ3v) is 5.87. The predicted octanol–water partition coefficient (Wildman–Crippen LogP) is 4.63. The number of rotatable bonds is 6. The SMILES string of the molecule is COc1nccc2c(-n3ncc(C(=O)Nc4cnc(-n5nccc5C(=O)O)c(Cl)c4)c3C(F)(F)F)cccc12. The molecular formula is C24H15ClF3N7O4. The number of methoxy groups -OCH3 is 1. The quantitative estimate of drug-likeness (QED) is 0.308. The molecule has 198 valence electrons. The summed E-state index contributed by atoms with van der Waals surface area (Å²) in [5, 5.41) is 20.1. The molecule has 0 unspecified atom stereocenters. The van der Waals surface area contributed by atoms with Crippen LogP contribution in [0.2, 0.25) is 5.02 Å². The molecular weight excluding hydrogens is 543 g/mol. The first-order valence-corrected chi connectivity index (χ1v) is 11.3. The molecule has 0 fully saturated rings. The third-order valence-electron chi connectivity index (χ3n) is 5.59. The van der Waals surface area contributed by atoms with Gasteiger partial charge in [-0.05, 0) is 30.3 Å². The smallest absolute Gasteiger partial charge is 0.434 e. The van der Waals surface area contributed by atoms with Crippen molar-refractivity contribution in [1.29, 1.82) is 0 Å². The first-order valence-electron chi connectivity index (χ1n) is 10.9. The molecule has 0 saturated heterocycles. The summed E-state index contributed by atoms with van der Waals surface area (Å²) < 4.78 is 49.7. The van der Waals surface area contributed by atoms with Gasteiger partial charge < -0.3 is 15.2 Å². The molecule has 2 N–H and O–H groups in total. The van der Waals surface area contributed by atoms with Crippen LogP contribution in [0.15, 0.2) is 61.2 Å². The topological polar surface area (TPSA) is 137 Å². The van der Waals surface area contributed by atoms with Gasteiger partial charge >= 0.3 is 12.1 Å². The zero-order chi connectivity index (χ0) is 27.9. The van der Waals surface area contributed by atoms with E-state index in [1.54, 1.807) is 6.07 Å². The van der Waals surface area contributed by atoms with Crippen LogP contribution >= 0.6 is 11.6 Å². The maximum atomic E-state index is 14.3. The molecule has 0 atom stereocenters. The van der Waals surface area contributed by atoms with E-state index in [1.807, 2.05) is 0 Å². The molecule has 11 nitrogen and oxygen atoms in total. The van der Waals surface area contributed by atoms with E-state index in [9.17, 15) is 27.9 Å². The fraction of sp³-hybridized carbons (Fsp3) is 0.0833. The maximum absolute atomic E-state index is 14.3. The van der Waals surface area contributed by atoms with Gasteiger partial charge in [0.15, 0.2) is 17.2 Å². The van der Waals surface area contributed by atoms with E-state index in [2.05, 4.69) is 25.5 Å². The van der Waals surface area contributed by atoms with Crippen molar-refractivity contribution in [2.24, 2.45) is 0 Å². The number of halogens is 4. The number of carboxylic acid groups (broad SMARTS) is 1. The van der Waals surface area contributed by atoms with Crippen LogP contribution in [0, 0.1) is 0 Å². The molecule has 0 spiro atoms. The van der Waals surface area contributed by atoms with Crippen LogP contribution in [-0.2, 0) is 6.18 Å². The second-order valence-corrected chi connectivity index (χ2v) is 8.33. The van der Waals surface area contributed by atoms with E-state index in [4.69, 9.17) is 16.3 Å². The van der Waals surface area contributed by atoms with Crippen molar-refractivity contribution < 1.29 is 32.6 Å². The van der Waals surface area contributed by atoms with Crippen LogP contribution in [0.25, 0.3) is 22.3 Å². The van der Waals surface area contributed by atoms with E-state index in [-0.39, 0.29) is 33.8 Å². The first kappa shape index (κ1) is 25.7. The first-order chi connectivity index (χ1) is 18.6. The highest BCUT2D eigenvalue weighted by molar-refractivity contribution is 6.32. The summed E-state index contributed by atoms with van der Waals surface area (Å²) in [5.74, 6) is -2.24. The Hall–Kier alpha value is -4.98. The normalized spacial score (nSPS) is 11.5. The molecule has 5 aromatic rings. The summed E-state index contributed by atoms with van der Waals surface area (Å²) in [6.45, 7) is 0. The molecule has 4 heterocycles. The van der Waals surface area contributed by atoms with Gasteiger partial charge in [0.2, 0.25) is 5.88 Å². The number of pyridine rings is 2. The number of alkyl halides is 3. The fourth-order valence-electron chi connectivity index (χ4n) is 3.97. The molecule has 39 heavy (non-hydrogen) atoms. The number of anilines is 1. The van der Waals surface area contributed by atoms with Crippen LogP contribution < -0.4 is 10.1 Å². The maximum Gasteiger partial charge on any atom is 0.434 e. The average Bonchev–Trinajstić information content (AvgIpc) is 3.56. The number of carboxylic acids is 1. The number of nitrogens with one attached hydrogen (secondary N) is 1. The molecule has 1 aromatic carbocycles. The number of ether oxygens (including phenoxy) is 1. The lowest BCUT2D eigenvalue weighted by Gasteiger charge is -2.15. The standard InChI is InChI=1S/C24H15ClF3N7O4/c1-39-22-14-3-2-4-17(13(14)5-7-29-22)34-19(24(26,27)28)15(11-32-34)21(36)33-12-9-16(25)20(30-10-12)35-18(23(37)38)6-8-31-35/h2-11H,1H3,(H,33,36)(H,37,38). The van der Waals surface area contributed by atoms with Gasteiger partial charge in [-0.3, -0.25) is 4.79 Å². The second-order valence-electron chi connectivity index (χ2n) is 7.93. The number of benzene rings is 1. The molecule has 0 saturated carbocycles. The summed E-state index contributed by atoms with van der Waals surface area (Å²) in [7, 11) is 1.39. The Kier molecular flexibility index (Phi) is 6.39. The van der Waals surface area contributed by atoms with Crippen LogP contribution in [0.4, 0.5) is 18.9 Å². The van der Waals surface area contributed by atoms with Gasteiger partial charge in [0.05, 0.1) is 47.7 Å². The Bertz CT molecular complexity index is 1750. The Morgan fingerprint density at radius 2 is 1.82 bits per heavy atom. The van der Waals surface area contributed by atoms with Crippen molar-refractivity contribution in [3.05, 3.63) is 83.2 Å². The monoisotopic (exact) mass is 557 g/mol. The summed E-state index contributed by atoms with van der Waals surface area (Å²) in [5.41, 5.74) is -2.26. The minimum atomic E-state index is -4.96. The lowest BCUT2D eigenvalue weighted by molar-refractivity contribution is -0.143. The lowest BCUT2D eigenvalue weighted by atomic mass is 10.1. The van der Waals surface area contributed by atoms with Crippen LogP contribution in [0.1, 0.15) is 26.5 Å². The minimum absolute atomic E-state index is 0.0420. The van der Waals surface area contributed by atoms with Crippen molar-refractivity contribution >= 4 is 39.9 Å². The number of hydrogen-bond acceptors (Lipinski definition) is 7. The van der Waals surface area contributed by atoms with E-state index < -0.39 is 29.3 Å². The Balaban J connectivity index is 1.52. The fourth-order valence-corrected chi connectivity index (χ4v) is 4.21. The summed E-state index contributed by atoms with van der Waals surface area (Å²) in [4.78, 5) is 32.4. The zero-order valence-electron chi connectivity index (χ0n) is 19.6. The van der Waals surface area contributed by atoms with Gasteiger partial charge in [0.1, 0.15) is 0 Å². The molecule has 0 aliphatic heterocycles. The highest BCUT2D eigenvalue weighted by atomic mass is 35.5. The van der Waals surface area contributed by atoms with E-state index in [0.29, 0.717) is 15.5 Å².